The number of likely N-dealkylation sites (tertiary alicyclic amines) is 1. The number of amides is 1. The van der Waals surface area contributed by atoms with Crippen molar-refractivity contribution in [2.75, 3.05) is 13.6 Å². The van der Waals surface area contributed by atoms with Crippen molar-refractivity contribution in [1.82, 2.24) is 25.3 Å². The standard InChI is InChI=1S/C20H23N5O3/c1-14-19(23-28-21-14)18-9-6-10-25(18)20(26)17-11-16(27-22-17)13-24(2)12-15-7-4-3-5-8-15/h3-5,7-8,11,18H,6,9-10,12-13H2,1-2H3. The quantitative estimate of drug-likeness (QED) is 0.648. The molecule has 146 valence electrons. The highest BCUT2D eigenvalue weighted by atomic mass is 16.6. The molecule has 1 saturated heterocycles. The van der Waals surface area contributed by atoms with Crippen LogP contribution < -0.4 is 0 Å². The fourth-order valence-electron chi connectivity index (χ4n) is 3.69. The molecule has 3 heterocycles. The maximum Gasteiger partial charge on any atom is 0.276 e. The minimum atomic E-state index is -0.148. The van der Waals surface area contributed by atoms with Crippen LogP contribution in [0.4, 0.5) is 0 Å². The molecule has 28 heavy (non-hydrogen) atoms. The Morgan fingerprint density at radius 3 is 2.79 bits per heavy atom. The van der Waals surface area contributed by atoms with Crippen LogP contribution in [0, 0.1) is 6.92 Å². The summed E-state index contributed by atoms with van der Waals surface area (Å²) in [6.45, 7) is 3.86. The minimum absolute atomic E-state index is 0.125. The fraction of sp³-hybridized carbons (Fsp3) is 0.400. The molecule has 1 aromatic carbocycles. The molecule has 1 unspecified atom stereocenters. The fourth-order valence-corrected chi connectivity index (χ4v) is 3.69. The molecule has 0 aliphatic carbocycles. The van der Waals surface area contributed by atoms with Crippen LogP contribution in [0.1, 0.15) is 52.1 Å². The second-order valence-corrected chi connectivity index (χ2v) is 7.23. The highest BCUT2D eigenvalue weighted by molar-refractivity contribution is 5.92. The highest BCUT2D eigenvalue weighted by Gasteiger charge is 2.35. The lowest BCUT2D eigenvalue weighted by Crippen LogP contribution is -2.31. The summed E-state index contributed by atoms with van der Waals surface area (Å²) in [5.74, 6) is 0.516. The van der Waals surface area contributed by atoms with Gasteiger partial charge in [0.05, 0.1) is 12.6 Å². The third-order valence-electron chi connectivity index (χ3n) is 5.02. The molecule has 0 spiro atoms. The van der Waals surface area contributed by atoms with Gasteiger partial charge < -0.3 is 9.42 Å². The van der Waals surface area contributed by atoms with Gasteiger partial charge in [0.1, 0.15) is 11.4 Å². The van der Waals surface area contributed by atoms with E-state index in [2.05, 4.69) is 32.5 Å². The summed E-state index contributed by atoms with van der Waals surface area (Å²) in [5.41, 5.74) is 2.98. The second-order valence-electron chi connectivity index (χ2n) is 7.23. The number of benzene rings is 1. The van der Waals surface area contributed by atoms with E-state index in [-0.39, 0.29) is 11.9 Å². The van der Waals surface area contributed by atoms with Crippen molar-refractivity contribution in [3.05, 3.63) is 64.8 Å². The number of rotatable bonds is 6. The highest BCUT2D eigenvalue weighted by Crippen LogP contribution is 2.33. The van der Waals surface area contributed by atoms with E-state index in [9.17, 15) is 4.79 Å². The van der Waals surface area contributed by atoms with Crippen molar-refractivity contribution >= 4 is 5.91 Å². The Kier molecular flexibility index (Phi) is 5.21. The van der Waals surface area contributed by atoms with Crippen LogP contribution in [0.15, 0.2) is 45.6 Å². The number of carbonyl (C=O) groups is 1. The zero-order valence-electron chi connectivity index (χ0n) is 16.0. The van der Waals surface area contributed by atoms with Crippen LogP contribution in [0.3, 0.4) is 0 Å². The summed E-state index contributed by atoms with van der Waals surface area (Å²) in [6, 6.07) is 11.8. The normalized spacial score (nSPS) is 16.8. The first-order valence-corrected chi connectivity index (χ1v) is 9.40. The largest absolute Gasteiger partial charge is 0.359 e. The molecule has 1 aliphatic heterocycles. The summed E-state index contributed by atoms with van der Waals surface area (Å²) in [5, 5.41) is 11.8. The molecular formula is C20H23N5O3. The number of hydrogen-bond acceptors (Lipinski definition) is 7. The Hall–Kier alpha value is -3.00. The molecule has 3 aromatic rings. The Morgan fingerprint density at radius 2 is 2.04 bits per heavy atom. The van der Waals surface area contributed by atoms with E-state index < -0.39 is 0 Å². The van der Waals surface area contributed by atoms with E-state index >= 15 is 0 Å². The van der Waals surface area contributed by atoms with Gasteiger partial charge in [0, 0.05) is 19.2 Å². The van der Waals surface area contributed by atoms with E-state index in [4.69, 9.17) is 9.15 Å². The van der Waals surface area contributed by atoms with Crippen LogP contribution in [0.2, 0.25) is 0 Å². The Bertz CT molecular complexity index is 936. The summed E-state index contributed by atoms with van der Waals surface area (Å²) in [6.07, 6.45) is 1.75. The van der Waals surface area contributed by atoms with Crippen molar-refractivity contribution in [2.45, 2.75) is 38.9 Å². The summed E-state index contributed by atoms with van der Waals surface area (Å²) in [4.78, 5) is 16.9. The van der Waals surface area contributed by atoms with Gasteiger partial charge in [-0.1, -0.05) is 45.8 Å². The average molecular weight is 381 g/mol. The van der Waals surface area contributed by atoms with Gasteiger partial charge >= 0.3 is 0 Å². The molecule has 8 heteroatoms. The molecular weight excluding hydrogens is 358 g/mol. The third-order valence-corrected chi connectivity index (χ3v) is 5.02. The molecule has 0 bridgehead atoms. The van der Waals surface area contributed by atoms with Gasteiger partial charge in [-0.15, -0.1) is 0 Å². The predicted octanol–water partition coefficient (Wildman–Crippen LogP) is 2.98. The number of aryl methyl sites for hydroxylation is 1. The van der Waals surface area contributed by atoms with Crippen molar-refractivity contribution in [2.24, 2.45) is 0 Å². The first-order chi connectivity index (χ1) is 13.6. The number of carbonyl (C=O) groups excluding carboxylic acids is 1. The molecule has 8 nitrogen and oxygen atoms in total. The first-order valence-electron chi connectivity index (χ1n) is 9.40. The number of nitrogens with zero attached hydrogens (tertiary/aromatic N) is 5. The van der Waals surface area contributed by atoms with Crippen molar-refractivity contribution in [3.8, 4) is 0 Å². The van der Waals surface area contributed by atoms with E-state index in [0.717, 1.165) is 25.1 Å². The van der Waals surface area contributed by atoms with Crippen molar-refractivity contribution in [3.63, 3.8) is 0 Å². The molecule has 2 aromatic heterocycles. The molecule has 1 aliphatic rings. The predicted molar refractivity (Wildman–Crippen MR) is 100 cm³/mol. The van der Waals surface area contributed by atoms with Gasteiger partial charge in [-0.25, -0.2) is 4.63 Å². The Morgan fingerprint density at radius 1 is 1.21 bits per heavy atom. The van der Waals surface area contributed by atoms with Crippen LogP contribution >= 0.6 is 0 Å². The lowest BCUT2D eigenvalue weighted by molar-refractivity contribution is 0.0719. The maximum absolute atomic E-state index is 13.0. The van der Waals surface area contributed by atoms with Crippen LogP contribution in [-0.4, -0.2) is 44.8 Å². The molecule has 0 radical (unpaired) electrons. The number of hydrogen-bond donors (Lipinski definition) is 0. The summed E-state index contributed by atoms with van der Waals surface area (Å²) < 4.78 is 10.2. The molecule has 0 N–H and O–H groups in total. The zero-order chi connectivity index (χ0) is 19.5. The Labute approximate surface area is 163 Å². The lowest BCUT2D eigenvalue weighted by atomic mass is 10.1. The SMILES string of the molecule is Cc1nonc1C1CCCN1C(=O)c1cc(CN(C)Cc2ccccc2)on1. The Balaban J connectivity index is 1.42. The molecule has 0 saturated carbocycles. The topological polar surface area (TPSA) is 88.5 Å². The van der Waals surface area contributed by atoms with Gasteiger partial charge in [0.2, 0.25) is 0 Å². The molecule has 1 fully saturated rings. The van der Waals surface area contributed by atoms with Gasteiger partial charge in [0.25, 0.3) is 5.91 Å². The smallest absolute Gasteiger partial charge is 0.276 e. The van der Waals surface area contributed by atoms with Gasteiger partial charge in [-0.05, 0) is 32.4 Å². The van der Waals surface area contributed by atoms with Gasteiger partial charge in [0.15, 0.2) is 11.5 Å². The average Bonchev–Trinajstić information content (AvgIpc) is 3.42. The van der Waals surface area contributed by atoms with Crippen LogP contribution in [0.5, 0.6) is 0 Å². The second kappa shape index (κ2) is 7.93. The van der Waals surface area contributed by atoms with Crippen LogP contribution in [-0.2, 0) is 13.1 Å². The van der Waals surface area contributed by atoms with E-state index in [1.54, 1.807) is 11.0 Å². The molecule has 1 atom stereocenters. The van der Waals surface area contributed by atoms with Crippen LogP contribution in [0.25, 0.3) is 0 Å². The molecule has 4 rings (SSSR count). The maximum atomic E-state index is 13.0. The van der Waals surface area contributed by atoms with E-state index in [0.29, 0.717) is 30.2 Å². The van der Waals surface area contributed by atoms with E-state index in [1.807, 2.05) is 32.2 Å². The summed E-state index contributed by atoms with van der Waals surface area (Å²) in [7, 11) is 2.01. The lowest BCUT2D eigenvalue weighted by Gasteiger charge is -2.21. The monoisotopic (exact) mass is 381 g/mol. The summed E-state index contributed by atoms with van der Waals surface area (Å²) >= 11 is 0. The van der Waals surface area contributed by atoms with E-state index in [1.165, 1.54) is 5.56 Å². The van der Waals surface area contributed by atoms with Gasteiger partial charge in [-0.3, -0.25) is 9.69 Å². The van der Waals surface area contributed by atoms with Gasteiger partial charge in [-0.2, -0.15) is 0 Å². The third kappa shape index (κ3) is 3.82. The minimum Gasteiger partial charge on any atom is -0.359 e. The molecule has 1 amide bonds. The van der Waals surface area contributed by atoms with Crippen molar-refractivity contribution < 1.29 is 13.9 Å². The zero-order valence-corrected chi connectivity index (χ0v) is 16.0. The van der Waals surface area contributed by atoms with Crippen molar-refractivity contribution in [1.29, 1.82) is 0 Å². The number of aromatic nitrogens is 3. The first kappa shape index (κ1) is 18.4.